The monoisotopic (exact) mass is 657 g/mol. The van der Waals surface area contributed by atoms with Crippen LogP contribution in [0.5, 0.6) is 0 Å². The second-order valence-corrected chi connectivity index (χ2v) is 11.1. The molecule has 1 aliphatic heterocycles. The number of carboxylic acid groups (broad SMARTS) is 5. The molecule has 2 aliphatic rings. The van der Waals surface area contributed by atoms with Gasteiger partial charge in [0.25, 0.3) is 11.8 Å². The van der Waals surface area contributed by atoms with Gasteiger partial charge in [0, 0.05) is 88.1 Å². The number of amides is 3. The fraction of sp³-hybridized carbons (Fsp3) is 0.448. The van der Waals surface area contributed by atoms with Gasteiger partial charge in [0.2, 0.25) is 5.91 Å². The smallest absolute Gasteiger partial charge is 0.317 e. The Kier molecular flexibility index (Phi) is 12.3. The van der Waals surface area contributed by atoms with Gasteiger partial charge in [-0.1, -0.05) is 12.1 Å². The van der Waals surface area contributed by atoms with Crippen LogP contribution in [-0.4, -0.2) is 137 Å². The number of anilines is 1. The lowest BCUT2D eigenvalue weighted by Crippen LogP contribution is -2.55. The van der Waals surface area contributed by atoms with Crippen molar-refractivity contribution in [3.05, 3.63) is 42.0 Å². The lowest BCUT2D eigenvalue weighted by molar-refractivity contribution is -0.311. The molecule has 2 N–H and O–H groups in total. The van der Waals surface area contributed by atoms with Crippen molar-refractivity contribution in [3.8, 4) is 0 Å². The minimum atomic E-state index is -1.59. The molecular weight excluding hydrogens is 626 g/mol. The van der Waals surface area contributed by atoms with E-state index in [1.807, 2.05) is 0 Å². The van der Waals surface area contributed by atoms with E-state index >= 15 is 0 Å². The fourth-order valence-electron chi connectivity index (χ4n) is 5.57. The maximum atomic E-state index is 12.4. The fourth-order valence-corrected chi connectivity index (χ4v) is 5.57. The molecule has 3 amide bonds. The van der Waals surface area contributed by atoms with Gasteiger partial charge in [-0.05, 0) is 24.1 Å². The van der Waals surface area contributed by atoms with Crippen LogP contribution in [0, 0.1) is 0 Å². The van der Waals surface area contributed by atoms with Gasteiger partial charge in [0.1, 0.15) is 0 Å². The number of nitrogens with one attached hydrogen (secondary N) is 1. The van der Waals surface area contributed by atoms with Gasteiger partial charge >= 0.3 is 5.97 Å². The van der Waals surface area contributed by atoms with Gasteiger partial charge in [-0.25, -0.2) is 0 Å². The summed E-state index contributed by atoms with van der Waals surface area (Å²) < 4.78 is 0. The molecule has 47 heavy (non-hydrogen) atoms. The lowest BCUT2D eigenvalue weighted by Gasteiger charge is -2.37. The predicted octanol–water partition coefficient (Wildman–Crippen LogP) is -6.84. The number of nitrogens with zero attached hydrogens (tertiary/aromatic N) is 4. The Balaban J connectivity index is 1.80. The van der Waals surface area contributed by atoms with E-state index in [-0.39, 0.29) is 39.0 Å². The van der Waals surface area contributed by atoms with Crippen molar-refractivity contribution in [3.63, 3.8) is 0 Å². The molecule has 254 valence electrons. The van der Waals surface area contributed by atoms with E-state index in [1.54, 1.807) is 12.1 Å². The van der Waals surface area contributed by atoms with Crippen LogP contribution in [0.2, 0.25) is 0 Å². The first-order valence-electron chi connectivity index (χ1n) is 14.2. The van der Waals surface area contributed by atoms with E-state index in [4.69, 9.17) is 0 Å². The molecule has 18 nitrogen and oxygen atoms in total. The van der Waals surface area contributed by atoms with E-state index in [0.717, 1.165) is 26.9 Å². The van der Waals surface area contributed by atoms with E-state index in [9.17, 15) is 63.9 Å². The summed E-state index contributed by atoms with van der Waals surface area (Å²) in [5.74, 6) is -9.79. The maximum Gasteiger partial charge on any atom is 0.317 e. The van der Waals surface area contributed by atoms with E-state index < -0.39 is 91.7 Å². The molecule has 0 radical (unpaired) electrons. The van der Waals surface area contributed by atoms with Crippen LogP contribution in [0.15, 0.2) is 36.4 Å². The Morgan fingerprint density at radius 2 is 1.30 bits per heavy atom. The summed E-state index contributed by atoms with van der Waals surface area (Å²) in [5.41, 5.74) is -0.339. The van der Waals surface area contributed by atoms with E-state index in [2.05, 4.69) is 5.32 Å². The zero-order valence-corrected chi connectivity index (χ0v) is 25.0. The third-order valence-corrected chi connectivity index (χ3v) is 7.67. The third-order valence-electron chi connectivity index (χ3n) is 7.67. The molecule has 1 aliphatic carbocycles. The molecule has 1 aromatic rings. The average molecular weight is 658 g/mol. The van der Waals surface area contributed by atoms with Crippen LogP contribution in [0.3, 0.4) is 0 Å². The van der Waals surface area contributed by atoms with Crippen LogP contribution in [0.25, 0.3) is 0 Å². The second kappa shape index (κ2) is 15.9. The number of rotatable bonds is 21. The van der Waals surface area contributed by atoms with Crippen LogP contribution in [0.4, 0.5) is 5.69 Å². The minimum absolute atomic E-state index is 0.127. The molecule has 1 saturated carbocycles. The standard InChI is InChI=1S/C29H35N5O13/c35-21(7-8-34-22(36)5-6-23(34)37)30-19-3-1-18(2-4-19)20-11-29(20,33(15-27(44)45)16-28(46)47)17-32(14-26(42)43)10-9-31(12-24(38)39)13-25(40)41/h1-6,20H,7-17H2,(H,30,35)(H,38,39)(H,40,41)(H,42,43)(H,44,45)(H,46,47)/p-4. The molecule has 2 unspecified atom stereocenters. The number of hydrogen-bond acceptors (Lipinski definition) is 15. The summed E-state index contributed by atoms with van der Waals surface area (Å²) in [6.07, 6.45) is 2.19. The number of carbonyl (C=O) groups is 8. The highest BCUT2D eigenvalue weighted by molar-refractivity contribution is 6.13. The zero-order chi connectivity index (χ0) is 34.9. The first-order chi connectivity index (χ1) is 22.1. The van der Waals surface area contributed by atoms with Gasteiger partial charge in [0.05, 0.1) is 30.4 Å². The largest absolute Gasteiger partial charge is 0.549 e. The normalized spacial score (nSPS) is 18.6. The molecule has 0 saturated heterocycles. The molecule has 3 rings (SSSR count). The molecule has 0 aromatic heterocycles. The summed E-state index contributed by atoms with van der Waals surface area (Å²) in [6.45, 7) is -4.79. The second-order valence-electron chi connectivity index (χ2n) is 11.1. The number of hydrogen-bond donors (Lipinski definition) is 2. The Morgan fingerprint density at radius 1 is 0.787 bits per heavy atom. The van der Waals surface area contributed by atoms with Gasteiger partial charge < -0.3 is 50.0 Å². The Morgan fingerprint density at radius 3 is 1.81 bits per heavy atom. The first kappa shape index (κ1) is 36.3. The molecule has 1 heterocycles. The number of imide groups is 1. The quantitative estimate of drug-likeness (QED) is 0.116. The molecule has 18 heteroatoms. The van der Waals surface area contributed by atoms with Crippen molar-refractivity contribution < 1.29 is 63.9 Å². The highest BCUT2D eigenvalue weighted by Crippen LogP contribution is 2.56. The van der Waals surface area contributed by atoms with Crippen LogP contribution in [-0.2, 0) is 38.4 Å². The number of carbonyl (C=O) groups excluding carboxylic acids is 7. The van der Waals surface area contributed by atoms with Crippen molar-refractivity contribution in [2.75, 3.05) is 64.2 Å². The summed E-state index contributed by atoms with van der Waals surface area (Å²) in [7, 11) is 0. The molecular formula is C29H31N5O13-4. The molecule has 0 bridgehead atoms. The van der Waals surface area contributed by atoms with Crippen LogP contribution in [0.1, 0.15) is 24.3 Å². The molecule has 2 atom stereocenters. The first-order valence-corrected chi connectivity index (χ1v) is 14.2. The summed E-state index contributed by atoms with van der Waals surface area (Å²) in [4.78, 5) is 97.1. The van der Waals surface area contributed by atoms with Gasteiger partial charge in [-0.2, -0.15) is 0 Å². The van der Waals surface area contributed by atoms with Crippen LogP contribution < -0.4 is 25.7 Å². The summed E-state index contributed by atoms with van der Waals surface area (Å²) in [6, 6.07) is 6.26. The zero-order valence-electron chi connectivity index (χ0n) is 25.0. The van der Waals surface area contributed by atoms with Gasteiger partial charge in [-0.15, -0.1) is 0 Å². The van der Waals surface area contributed by atoms with E-state index in [0.29, 0.717) is 11.3 Å². The minimum Gasteiger partial charge on any atom is -0.549 e. The number of aliphatic carboxylic acids is 5. The van der Waals surface area contributed by atoms with Crippen molar-refractivity contribution in [1.82, 2.24) is 19.6 Å². The van der Waals surface area contributed by atoms with Crippen molar-refractivity contribution >= 4 is 53.3 Å². The molecule has 1 aromatic carbocycles. The number of benzene rings is 1. The van der Waals surface area contributed by atoms with Gasteiger partial charge in [-0.3, -0.25) is 38.8 Å². The Hall–Kier alpha value is -5.20. The third kappa shape index (κ3) is 10.7. The van der Waals surface area contributed by atoms with Crippen molar-refractivity contribution in [2.45, 2.75) is 24.3 Å². The lowest BCUT2D eigenvalue weighted by atomic mass is 10.0. The van der Waals surface area contributed by atoms with Crippen LogP contribution >= 0.6 is 0 Å². The Labute approximate surface area is 267 Å². The highest BCUT2D eigenvalue weighted by atomic mass is 16.4. The highest BCUT2D eigenvalue weighted by Gasteiger charge is 2.59. The summed E-state index contributed by atoms with van der Waals surface area (Å²) >= 11 is 0. The van der Waals surface area contributed by atoms with Gasteiger partial charge in [0.15, 0.2) is 0 Å². The maximum absolute atomic E-state index is 12.4. The van der Waals surface area contributed by atoms with Crippen molar-refractivity contribution in [1.29, 1.82) is 0 Å². The Bertz CT molecular complexity index is 1400. The predicted molar refractivity (Wildman–Crippen MR) is 148 cm³/mol. The topological polar surface area (TPSA) is 274 Å². The SMILES string of the molecule is O=C([O-])CN(CCN(CC(=O)[O-])CC1(N(CC(=O)[O-])CC(=O)O)CC1c1ccc(NC(=O)CCN2C(=O)C=CC2=O)cc1)CC(=O)[O-]. The number of carboxylic acids is 5. The molecule has 0 spiro atoms. The molecule has 1 fully saturated rings. The van der Waals surface area contributed by atoms with Crippen molar-refractivity contribution in [2.24, 2.45) is 0 Å². The summed E-state index contributed by atoms with van der Waals surface area (Å²) in [5, 5.41) is 57.6. The van der Waals surface area contributed by atoms with E-state index in [1.165, 1.54) is 17.0 Å². The average Bonchev–Trinajstić information content (AvgIpc) is 3.59.